The number of aliphatic carboxylic acids is 2. The van der Waals surface area contributed by atoms with E-state index in [0.717, 1.165) is 36.7 Å². The monoisotopic (exact) mass is 489 g/mol. The fraction of sp³-hybridized carbons (Fsp3) is 0.348. The first-order chi connectivity index (χ1) is 16.1. The van der Waals surface area contributed by atoms with Gasteiger partial charge in [0.05, 0.1) is 16.9 Å². The van der Waals surface area contributed by atoms with Crippen molar-refractivity contribution >= 4 is 40.8 Å². The number of hydrogen-bond acceptors (Lipinski definition) is 6. The number of amides is 1. The lowest BCUT2D eigenvalue weighted by Gasteiger charge is -2.33. The van der Waals surface area contributed by atoms with Gasteiger partial charge in [0, 0.05) is 16.4 Å². The Balaban J connectivity index is 1.75. The second-order valence-corrected chi connectivity index (χ2v) is 9.37. The summed E-state index contributed by atoms with van der Waals surface area (Å²) in [5.74, 6) is -5.49. The Morgan fingerprint density at radius 2 is 1.88 bits per heavy atom. The average Bonchev–Trinajstić information content (AvgIpc) is 3.19. The van der Waals surface area contributed by atoms with Gasteiger partial charge in [-0.3, -0.25) is 19.8 Å². The summed E-state index contributed by atoms with van der Waals surface area (Å²) in [6, 6.07) is 5.37. The van der Waals surface area contributed by atoms with E-state index in [0.29, 0.717) is 4.88 Å². The molecule has 9 nitrogen and oxygen atoms in total. The zero-order chi connectivity index (χ0) is 25.0. The number of benzene rings is 1. The first kappa shape index (κ1) is 25.0. The van der Waals surface area contributed by atoms with Crippen LogP contribution in [0.15, 0.2) is 30.3 Å². The number of nitrogen functional groups attached to an aromatic ring is 1. The number of hydrogen-bond donors (Lipinski definition) is 5. The van der Waals surface area contributed by atoms with E-state index >= 15 is 0 Å². The van der Waals surface area contributed by atoms with Gasteiger partial charge in [0.2, 0.25) is 11.7 Å². The fourth-order valence-electron chi connectivity index (χ4n) is 3.80. The number of amidine groups is 1. The maximum atomic E-state index is 14.4. The van der Waals surface area contributed by atoms with Crippen LogP contribution < -0.4 is 11.1 Å². The number of halogens is 1. The van der Waals surface area contributed by atoms with Crippen LogP contribution in [0.1, 0.15) is 51.4 Å². The summed E-state index contributed by atoms with van der Waals surface area (Å²) in [6.45, 7) is 0. The zero-order valence-electron chi connectivity index (χ0n) is 18.0. The molecule has 0 radical (unpaired) electrons. The second-order valence-electron chi connectivity index (χ2n) is 8.20. The summed E-state index contributed by atoms with van der Waals surface area (Å²) in [7, 11) is 0. The van der Waals surface area contributed by atoms with Gasteiger partial charge < -0.3 is 21.3 Å². The van der Waals surface area contributed by atoms with E-state index in [1.807, 2.05) is 0 Å². The van der Waals surface area contributed by atoms with Gasteiger partial charge >= 0.3 is 11.9 Å². The molecule has 1 amide bonds. The number of carboxylic acids is 2. The van der Waals surface area contributed by atoms with Crippen LogP contribution in [0.4, 0.5) is 4.39 Å². The van der Waals surface area contributed by atoms with Crippen molar-refractivity contribution in [3.05, 3.63) is 57.0 Å². The third-order valence-corrected chi connectivity index (χ3v) is 6.99. The minimum Gasteiger partial charge on any atom is -0.481 e. The number of nitrogens with two attached hydrogens (primary N) is 1. The van der Waals surface area contributed by atoms with Gasteiger partial charge in [-0.25, -0.2) is 9.18 Å². The Morgan fingerprint density at radius 1 is 1.18 bits per heavy atom. The van der Waals surface area contributed by atoms with Crippen molar-refractivity contribution in [2.24, 2.45) is 17.6 Å². The number of carbonyl (C=O) groups excluding carboxylic acids is 2. The number of rotatable bonds is 11. The highest BCUT2D eigenvalue weighted by molar-refractivity contribution is 7.14. The van der Waals surface area contributed by atoms with Crippen LogP contribution in [-0.4, -0.2) is 45.7 Å². The Morgan fingerprint density at radius 3 is 2.41 bits per heavy atom. The number of thiophene rings is 1. The van der Waals surface area contributed by atoms with Gasteiger partial charge in [-0.05, 0) is 49.4 Å². The first-order valence-electron chi connectivity index (χ1n) is 10.6. The fourth-order valence-corrected chi connectivity index (χ4v) is 4.82. The maximum Gasteiger partial charge on any atom is 0.326 e. The molecule has 1 aliphatic carbocycles. The second kappa shape index (κ2) is 10.6. The molecule has 1 aromatic carbocycles. The molecule has 2 aromatic rings. The molecule has 1 aromatic heterocycles. The number of ketones is 1. The van der Waals surface area contributed by atoms with Crippen molar-refractivity contribution in [1.29, 1.82) is 5.41 Å². The normalized spacial score (nSPS) is 15.1. The highest BCUT2D eigenvalue weighted by Crippen LogP contribution is 2.37. The van der Waals surface area contributed by atoms with Crippen molar-refractivity contribution in [3.8, 4) is 0 Å². The highest BCUT2D eigenvalue weighted by atomic mass is 32.1. The molecule has 0 bridgehead atoms. The summed E-state index contributed by atoms with van der Waals surface area (Å²) < 4.78 is 14.4. The summed E-state index contributed by atoms with van der Waals surface area (Å²) in [4.78, 5) is 48.9. The molecule has 0 saturated heterocycles. The van der Waals surface area contributed by atoms with Crippen molar-refractivity contribution in [1.82, 2.24) is 5.32 Å². The molecule has 1 fully saturated rings. The molecule has 34 heavy (non-hydrogen) atoms. The van der Waals surface area contributed by atoms with Gasteiger partial charge in [0.25, 0.3) is 0 Å². The van der Waals surface area contributed by atoms with E-state index in [1.165, 1.54) is 12.1 Å². The highest BCUT2D eigenvalue weighted by Gasteiger charge is 2.35. The third-order valence-electron chi connectivity index (χ3n) is 5.88. The summed E-state index contributed by atoms with van der Waals surface area (Å²) in [5.41, 5.74) is 5.35. The largest absolute Gasteiger partial charge is 0.481 e. The molecule has 1 aliphatic rings. The molecule has 11 heteroatoms. The van der Waals surface area contributed by atoms with Crippen molar-refractivity contribution in [3.63, 3.8) is 0 Å². The van der Waals surface area contributed by atoms with Gasteiger partial charge in [-0.15, -0.1) is 11.3 Å². The SMILES string of the molecule is N=C(N)c1ccc(C(=O)c2ccc(CC(C(=O)N[C@@H](CC(=O)O)C(=O)O)C3CCC3)s2)c(F)c1. The zero-order valence-corrected chi connectivity index (χ0v) is 18.9. The Bertz CT molecular complexity index is 1140. The van der Waals surface area contributed by atoms with Crippen LogP contribution in [-0.2, 0) is 20.8 Å². The van der Waals surface area contributed by atoms with Crippen LogP contribution in [0.25, 0.3) is 0 Å². The molecular weight excluding hydrogens is 465 g/mol. The number of carbonyl (C=O) groups is 4. The first-order valence-corrected chi connectivity index (χ1v) is 11.4. The summed E-state index contributed by atoms with van der Waals surface area (Å²) in [5, 5.41) is 27.8. The third kappa shape index (κ3) is 5.84. The Hall–Kier alpha value is -3.60. The van der Waals surface area contributed by atoms with Crippen molar-refractivity contribution in [2.75, 3.05) is 0 Å². The van der Waals surface area contributed by atoms with E-state index in [1.54, 1.807) is 12.1 Å². The Labute approximate surface area is 198 Å². The summed E-state index contributed by atoms with van der Waals surface area (Å²) in [6.07, 6.45) is 2.04. The molecule has 1 saturated carbocycles. The lowest BCUT2D eigenvalue weighted by atomic mass is 9.74. The number of carboxylic acid groups (broad SMARTS) is 2. The van der Waals surface area contributed by atoms with Crippen LogP contribution in [0.3, 0.4) is 0 Å². The molecule has 0 spiro atoms. The summed E-state index contributed by atoms with van der Waals surface area (Å²) >= 11 is 1.12. The van der Waals surface area contributed by atoms with Crippen LogP contribution in [0.5, 0.6) is 0 Å². The van der Waals surface area contributed by atoms with Crippen molar-refractivity contribution < 1.29 is 33.8 Å². The molecule has 6 N–H and O–H groups in total. The van der Waals surface area contributed by atoms with Crippen LogP contribution in [0.2, 0.25) is 0 Å². The molecule has 3 rings (SSSR count). The lowest BCUT2D eigenvalue weighted by molar-refractivity contribution is -0.148. The van der Waals surface area contributed by atoms with E-state index in [2.05, 4.69) is 5.32 Å². The van der Waals surface area contributed by atoms with E-state index in [4.69, 9.17) is 16.2 Å². The maximum absolute atomic E-state index is 14.4. The smallest absolute Gasteiger partial charge is 0.326 e. The standard InChI is InChI=1S/C23H24FN3O6S/c24-16-8-12(21(25)26)4-6-14(16)20(30)18-7-5-13(34-18)9-15(11-2-1-3-11)22(31)27-17(23(32)33)10-19(28)29/h4-8,11,15,17H,1-3,9-10H2,(H3,25,26)(H,27,31)(H,28,29)(H,32,33)/t15?,17-/m0/s1. The van der Waals surface area contributed by atoms with E-state index < -0.39 is 47.8 Å². The van der Waals surface area contributed by atoms with Crippen LogP contribution >= 0.6 is 11.3 Å². The predicted molar refractivity (Wildman–Crippen MR) is 122 cm³/mol. The lowest BCUT2D eigenvalue weighted by Crippen LogP contribution is -2.47. The molecule has 180 valence electrons. The van der Waals surface area contributed by atoms with E-state index in [9.17, 15) is 28.7 Å². The minimum absolute atomic E-state index is 0.0251. The predicted octanol–water partition coefficient (Wildman–Crippen LogP) is 2.41. The van der Waals surface area contributed by atoms with Crippen molar-refractivity contribution in [2.45, 2.75) is 38.1 Å². The quantitative estimate of drug-likeness (QED) is 0.183. The Kier molecular flexibility index (Phi) is 7.77. The average molecular weight is 490 g/mol. The topological polar surface area (TPSA) is 171 Å². The van der Waals surface area contributed by atoms with E-state index in [-0.39, 0.29) is 34.2 Å². The van der Waals surface area contributed by atoms with Crippen LogP contribution in [0, 0.1) is 23.1 Å². The minimum atomic E-state index is -1.53. The molecular formula is C23H24FN3O6S. The van der Waals surface area contributed by atoms with Gasteiger partial charge in [0.15, 0.2) is 0 Å². The number of nitrogens with one attached hydrogen (secondary N) is 2. The molecule has 1 unspecified atom stereocenters. The molecule has 1 heterocycles. The molecule has 0 aliphatic heterocycles. The van der Waals surface area contributed by atoms with Gasteiger partial charge in [-0.2, -0.15) is 0 Å². The van der Waals surface area contributed by atoms with Gasteiger partial charge in [-0.1, -0.05) is 12.5 Å². The molecule has 2 atom stereocenters. The van der Waals surface area contributed by atoms with Gasteiger partial charge in [0.1, 0.15) is 17.7 Å².